The maximum Gasteiger partial charge on any atom is 0.154 e. The zero-order chi connectivity index (χ0) is 13.1. The molecule has 5 heteroatoms. The SMILES string of the molecule is COC1CNC(C(=O)Cc2cccc(F)c2Cl)C1. The van der Waals surface area contributed by atoms with E-state index < -0.39 is 5.82 Å². The molecule has 0 aliphatic carbocycles. The molecule has 18 heavy (non-hydrogen) atoms. The van der Waals surface area contributed by atoms with E-state index in [1.165, 1.54) is 6.07 Å². The Labute approximate surface area is 110 Å². The van der Waals surface area contributed by atoms with Crippen molar-refractivity contribution < 1.29 is 13.9 Å². The second kappa shape index (κ2) is 5.78. The smallest absolute Gasteiger partial charge is 0.154 e. The second-order valence-electron chi connectivity index (χ2n) is 4.41. The van der Waals surface area contributed by atoms with Crippen LogP contribution in [-0.2, 0) is 16.0 Å². The van der Waals surface area contributed by atoms with Crippen LogP contribution < -0.4 is 5.32 Å². The van der Waals surface area contributed by atoms with Gasteiger partial charge in [0, 0.05) is 20.1 Å². The number of halogens is 2. The van der Waals surface area contributed by atoms with E-state index in [-0.39, 0.29) is 29.4 Å². The van der Waals surface area contributed by atoms with Crippen LogP contribution in [0.25, 0.3) is 0 Å². The summed E-state index contributed by atoms with van der Waals surface area (Å²) < 4.78 is 18.4. The predicted molar refractivity (Wildman–Crippen MR) is 67.3 cm³/mol. The number of Topliss-reactive ketones (excluding diaryl/α,β-unsaturated/α-hetero) is 1. The van der Waals surface area contributed by atoms with Crippen molar-refractivity contribution in [2.45, 2.75) is 25.0 Å². The maximum atomic E-state index is 13.2. The fourth-order valence-corrected chi connectivity index (χ4v) is 2.32. The van der Waals surface area contributed by atoms with Gasteiger partial charge in [0.15, 0.2) is 5.78 Å². The summed E-state index contributed by atoms with van der Waals surface area (Å²) in [4.78, 5) is 12.0. The van der Waals surface area contributed by atoms with Crippen molar-refractivity contribution in [3.63, 3.8) is 0 Å². The first-order chi connectivity index (χ1) is 8.61. The summed E-state index contributed by atoms with van der Waals surface area (Å²) in [7, 11) is 1.63. The van der Waals surface area contributed by atoms with Crippen molar-refractivity contribution >= 4 is 17.4 Å². The summed E-state index contributed by atoms with van der Waals surface area (Å²) in [6, 6.07) is 4.29. The molecule has 0 bridgehead atoms. The van der Waals surface area contributed by atoms with Crippen molar-refractivity contribution in [1.82, 2.24) is 5.32 Å². The highest BCUT2D eigenvalue weighted by Crippen LogP contribution is 2.21. The predicted octanol–water partition coefficient (Wildman–Crippen LogP) is 1.97. The zero-order valence-electron chi connectivity index (χ0n) is 10.1. The van der Waals surface area contributed by atoms with Crippen LogP contribution in [0, 0.1) is 5.82 Å². The molecule has 1 aromatic carbocycles. The molecule has 0 saturated carbocycles. The monoisotopic (exact) mass is 271 g/mol. The Balaban J connectivity index is 2.01. The van der Waals surface area contributed by atoms with Gasteiger partial charge in [-0.3, -0.25) is 4.79 Å². The van der Waals surface area contributed by atoms with Gasteiger partial charge in [-0.25, -0.2) is 4.39 Å². The van der Waals surface area contributed by atoms with Crippen LogP contribution in [0.4, 0.5) is 4.39 Å². The molecule has 0 amide bonds. The van der Waals surface area contributed by atoms with E-state index in [0.717, 1.165) is 0 Å². The van der Waals surface area contributed by atoms with Gasteiger partial charge in [0.1, 0.15) is 5.82 Å². The highest BCUT2D eigenvalue weighted by molar-refractivity contribution is 6.31. The highest BCUT2D eigenvalue weighted by atomic mass is 35.5. The number of methoxy groups -OCH3 is 1. The lowest BCUT2D eigenvalue weighted by molar-refractivity contribution is -0.120. The first kappa shape index (κ1) is 13.5. The van der Waals surface area contributed by atoms with Crippen LogP contribution in [0.2, 0.25) is 5.02 Å². The largest absolute Gasteiger partial charge is 0.380 e. The van der Waals surface area contributed by atoms with E-state index >= 15 is 0 Å². The second-order valence-corrected chi connectivity index (χ2v) is 4.79. The summed E-state index contributed by atoms with van der Waals surface area (Å²) in [5.41, 5.74) is 0.532. The fraction of sp³-hybridized carbons (Fsp3) is 0.462. The van der Waals surface area contributed by atoms with Crippen molar-refractivity contribution in [3.05, 3.63) is 34.6 Å². The molecule has 1 N–H and O–H groups in total. The first-order valence-electron chi connectivity index (χ1n) is 5.83. The van der Waals surface area contributed by atoms with Crippen LogP contribution in [-0.4, -0.2) is 31.6 Å². The van der Waals surface area contributed by atoms with Crippen LogP contribution in [0.15, 0.2) is 18.2 Å². The minimum Gasteiger partial charge on any atom is -0.380 e. The first-order valence-corrected chi connectivity index (χ1v) is 6.21. The number of benzene rings is 1. The quantitative estimate of drug-likeness (QED) is 0.910. The molecule has 1 saturated heterocycles. The standard InChI is InChI=1S/C13H15ClFNO2/c1-18-9-6-11(16-7-9)12(17)5-8-3-2-4-10(15)13(8)14/h2-4,9,11,16H,5-7H2,1H3. The Morgan fingerprint density at radius 2 is 2.39 bits per heavy atom. The molecule has 1 heterocycles. The molecule has 2 unspecified atom stereocenters. The number of ketones is 1. The third-order valence-electron chi connectivity index (χ3n) is 3.21. The fourth-order valence-electron chi connectivity index (χ4n) is 2.12. The Morgan fingerprint density at radius 3 is 3.06 bits per heavy atom. The van der Waals surface area contributed by atoms with Gasteiger partial charge in [-0.15, -0.1) is 0 Å². The third-order valence-corrected chi connectivity index (χ3v) is 3.63. The van der Waals surface area contributed by atoms with E-state index in [1.807, 2.05) is 0 Å². The lowest BCUT2D eigenvalue weighted by atomic mass is 10.0. The molecule has 0 radical (unpaired) electrons. The van der Waals surface area contributed by atoms with E-state index in [4.69, 9.17) is 16.3 Å². The molecule has 1 aliphatic heterocycles. The lowest BCUT2D eigenvalue weighted by Crippen LogP contribution is -2.31. The van der Waals surface area contributed by atoms with Crippen molar-refractivity contribution in [3.8, 4) is 0 Å². The topological polar surface area (TPSA) is 38.3 Å². The molecule has 2 rings (SSSR count). The van der Waals surface area contributed by atoms with Crippen LogP contribution >= 0.6 is 11.6 Å². The summed E-state index contributed by atoms with van der Waals surface area (Å²) >= 11 is 5.83. The number of ether oxygens (including phenoxy) is 1. The molecule has 3 nitrogen and oxygen atoms in total. The number of hydrogen-bond donors (Lipinski definition) is 1. The van der Waals surface area contributed by atoms with Crippen molar-refractivity contribution in [2.75, 3.05) is 13.7 Å². The average Bonchev–Trinajstić information content (AvgIpc) is 2.83. The summed E-state index contributed by atoms with van der Waals surface area (Å²) in [5.74, 6) is -0.474. The number of rotatable bonds is 4. The van der Waals surface area contributed by atoms with E-state index in [0.29, 0.717) is 18.5 Å². The Morgan fingerprint density at radius 1 is 1.61 bits per heavy atom. The van der Waals surface area contributed by atoms with Gasteiger partial charge >= 0.3 is 0 Å². The highest BCUT2D eigenvalue weighted by Gasteiger charge is 2.29. The van der Waals surface area contributed by atoms with Gasteiger partial charge < -0.3 is 10.1 Å². The van der Waals surface area contributed by atoms with Gasteiger partial charge in [0.25, 0.3) is 0 Å². The zero-order valence-corrected chi connectivity index (χ0v) is 10.8. The van der Waals surface area contributed by atoms with Crippen molar-refractivity contribution in [2.24, 2.45) is 0 Å². The molecule has 1 aromatic rings. The number of nitrogens with one attached hydrogen (secondary N) is 1. The maximum absolute atomic E-state index is 13.2. The Kier molecular flexibility index (Phi) is 4.32. The Bertz CT molecular complexity index is 453. The van der Waals surface area contributed by atoms with Gasteiger partial charge in [0.2, 0.25) is 0 Å². The molecule has 0 spiro atoms. The minimum atomic E-state index is -0.490. The van der Waals surface area contributed by atoms with Crippen molar-refractivity contribution in [1.29, 1.82) is 0 Å². The molecule has 2 atom stereocenters. The number of carbonyl (C=O) groups excluding carboxylic acids is 1. The summed E-state index contributed by atoms with van der Waals surface area (Å²) in [6.45, 7) is 0.670. The van der Waals surface area contributed by atoms with Gasteiger partial charge in [-0.1, -0.05) is 23.7 Å². The summed E-state index contributed by atoms with van der Waals surface area (Å²) in [6.07, 6.45) is 0.870. The molecular formula is C13H15ClFNO2. The number of hydrogen-bond acceptors (Lipinski definition) is 3. The van der Waals surface area contributed by atoms with Gasteiger partial charge in [-0.2, -0.15) is 0 Å². The van der Waals surface area contributed by atoms with E-state index in [2.05, 4.69) is 5.32 Å². The van der Waals surface area contributed by atoms with Crippen LogP contribution in [0.5, 0.6) is 0 Å². The minimum absolute atomic E-state index is 0.0158. The van der Waals surface area contributed by atoms with Crippen LogP contribution in [0.1, 0.15) is 12.0 Å². The number of carbonyl (C=O) groups is 1. The third kappa shape index (κ3) is 2.88. The van der Waals surface area contributed by atoms with Crippen LogP contribution in [0.3, 0.4) is 0 Å². The van der Waals surface area contributed by atoms with Gasteiger partial charge in [0.05, 0.1) is 17.2 Å². The molecule has 1 aliphatic rings. The molecular weight excluding hydrogens is 257 g/mol. The van der Waals surface area contributed by atoms with E-state index in [1.54, 1.807) is 19.2 Å². The molecule has 1 fully saturated rings. The summed E-state index contributed by atoms with van der Waals surface area (Å²) in [5, 5.41) is 3.13. The molecule has 98 valence electrons. The van der Waals surface area contributed by atoms with Gasteiger partial charge in [-0.05, 0) is 18.1 Å². The Hall–Kier alpha value is -0.970. The van der Waals surface area contributed by atoms with E-state index in [9.17, 15) is 9.18 Å². The normalized spacial score (nSPS) is 23.3. The molecule has 0 aromatic heterocycles. The average molecular weight is 272 g/mol. The lowest BCUT2D eigenvalue weighted by Gasteiger charge is -2.10.